The summed E-state index contributed by atoms with van der Waals surface area (Å²) in [4.78, 5) is 27.8. The normalized spacial score (nSPS) is 10.2. The molecule has 2 rings (SSSR count). The van der Waals surface area contributed by atoms with E-state index in [1.54, 1.807) is 23.9 Å². The molecule has 0 radical (unpaired) electrons. The maximum atomic E-state index is 12.3. The summed E-state index contributed by atoms with van der Waals surface area (Å²) in [6, 6.07) is 19.6. The first-order chi connectivity index (χ1) is 11.1. The van der Waals surface area contributed by atoms with E-state index in [0.29, 0.717) is 13.1 Å². The molecule has 0 aliphatic heterocycles. The fourth-order valence-electron chi connectivity index (χ4n) is 2.07. The summed E-state index contributed by atoms with van der Waals surface area (Å²) in [6.07, 6.45) is 0. The van der Waals surface area contributed by atoms with Crippen LogP contribution in [0.5, 0.6) is 0 Å². The summed E-state index contributed by atoms with van der Waals surface area (Å²) in [5.74, 6) is 0. The first kappa shape index (κ1) is 17.5. The summed E-state index contributed by atoms with van der Waals surface area (Å²) >= 11 is -1.40. The number of rotatable bonds is 6. The molecule has 0 aliphatic rings. The Morgan fingerprint density at radius 3 is 1.43 bits per heavy atom. The number of hydrogen-bond acceptors (Lipinski definition) is 2. The number of hydrogen-bond donors (Lipinski definition) is 0. The van der Waals surface area contributed by atoms with Crippen LogP contribution in [0.25, 0.3) is 0 Å². The summed E-state index contributed by atoms with van der Waals surface area (Å²) < 4.78 is -0.0756. The van der Waals surface area contributed by atoms with Crippen LogP contribution in [0.2, 0.25) is 0 Å². The van der Waals surface area contributed by atoms with E-state index in [-0.39, 0.29) is 7.91 Å². The summed E-state index contributed by atoms with van der Waals surface area (Å²) in [7, 11) is 3.51. The molecule has 0 heterocycles. The molecule has 23 heavy (non-hydrogen) atoms. The summed E-state index contributed by atoms with van der Waals surface area (Å²) in [6.45, 7) is 1.08. The van der Waals surface area contributed by atoms with Crippen molar-refractivity contribution in [3.05, 3.63) is 71.8 Å². The first-order valence-electron chi connectivity index (χ1n) is 7.32. The molecule has 0 atom stereocenters. The van der Waals surface area contributed by atoms with Crippen LogP contribution in [0, 0.1) is 0 Å². The Bertz CT molecular complexity index is 589. The van der Waals surface area contributed by atoms with E-state index in [9.17, 15) is 9.59 Å². The van der Waals surface area contributed by atoms with Crippen LogP contribution in [-0.4, -0.2) is 52.7 Å². The van der Waals surface area contributed by atoms with Gasteiger partial charge >= 0.3 is 147 Å². The van der Waals surface area contributed by atoms with E-state index in [1.807, 2.05) is 60.7 Å². The van der Waals surface area contributed by atoms with Crippen LogP contribution >= 0.6 is 0 Å². The number of carbonyl (C=O) groups excluding carboxylic acids is 2. The van der Waals surface area contributed by atoms with Crippen molar-refractivity contribution in [2.45, 2.75) is 13.1 Å². The molecule has 0 bridgehead atoms. The molecule has 0 aliphatic carbocycles. The molecule has 0 aromatic heterocycles. The van der Waals surface area contributed by atoms with Gasteiger partial charge in [-0.1, -0.05) is 0 Å². The van der Waals surface area contributed by atoms with Gasteiger partial charge in [-0.05, 0) is 0 Å². The van der Waals surface area contributed by atoms with Gasteiger partial charge in [0.15, 0.2) is 0 Å². The predicted octanol–water partition coefficient (Wildman–Crippen LogP) is 3.19. The zero-order chi connectivity index (χ0) is 16.7. The Morgan fingerprint density at radius 1 is 0.739 bits per heavy atom. The first-order valence-corrected chi connectivity index (χ1v) is 9.65. The molecule has 2 aromatic rings. The minimum atomic E-state index is -1.40. The molecule has 5 heteroatoms. The van der Waals surface area contributed by atoms with Crippen molar-refractivity contribution in [3.8, 4) is 0 Å². The fraction of sp³-hybridized carbons (Fsp3) is 0.222. The van der Waals surface area contributed by atoms with E-state index in [1.165, 1.54) is 0 Å². The fourth-order valence-corrected chi connectivity index (χ4v) is 3.76. The SMILES string of the molecule is CN(Cc1ccccc1)C(=O)[Te]C(=O)N(C)Cc1ccccc1. The molecule has 0 fully saturated rings. The van der Waals surface area contributed by atoms with Gasteiger partial charge in [0.1, 0.15) is 0 Å². The van der Waals surface area contributed by atoms with Gasteiger partial charge in [-0.15, -0.1) is 0 Å². The van der Waals surface area contributed by atoms with Crippen molar-refractivity contribution in [1.82, 2.24) is 9.80 Å². The number of nitrogens with zero attached hydrogens (tertiary/aromatic N) is 2. The number of benzene rings is 2. The molecule has 2 amide bonds. The van der Waals surface area contributed by atoms with Crippen LogP contribution in [0.4, 0.5) is 9.59 Å². The number of amides is 2. The van der Waals surface area contributed by atoms with Crippen LogP contribution in [0.3, 0.4) is 0 Å². The Balaban J connectivity index is 1.85. The molecule has 120 valence electrons. The minimum absolute atomic E-state index is 0.0378. The Kier molecular flexibility index (Phi) is 6.64. The average molecular weight is 424 g/mol. The second-order valence-corrected chi connectivity index (χ2v) is 7.89. The zero-order valence-electron chi connectivity index (χ0n) is 13.3. The van der Waals surface area contributed by atoms with Gasteiger partial charge in [0.25, 0.3) is 0 Å². The second kappa shape index (κ2) is 8.71. The third-order valence-electron chi connectivity index (χ3n) is 3.32. The molecule has 0 N–H and O–H groups in total. The summed E-state index contributed by atoms with van der Waals surface area (Å²) in [5.41, 5.74) is 2.14. The van der Waals surface area contributed by atoms with Crippen molar-refractivity contribution in [1.29, 1.82) is 0 Å². The topological polar surface area (TPSA) is 40.6 Å². The predicted molar refractivity (Wildman–Crippen MR) is 92.4 cm³/mol. The van der Waals surface area contributed by atoms with Gasteiger partial charge in [0.2, 0.25) is 0 Å². The molecular weight excluding hydrogens is 404 g/mol. The average Bonchev–Trinajstić information content (AvgIpc) is 2.56. The van der Waals surface area contributed by atoms with Gasteiger partial charge in [0.05, 0.1) is 0 Å². The molecule has 0 unspecified atom stereocenters. The quantitative estimate of drug-likeness (QED) is 0.669. The van der Waals surface area contributed by atoms with Crippen LogP contribution in [0.1, 0.15) is 11.1 Å². The molecule has 0 saturated heterocycles. The van der Waals surface area contributed by atoms with Gasteiger partial charge < -0.3 is 0 Å². The third kappa shape index (κ3) is 5.70. The second-order valence-electron chi connectivity index (χ2n) is 5.32. The van der Waals surface area contributed by atoms with E-state index in [0.717, 1.165) is 11.1 Å². The van der Waals surface area contributed by atoms with Gasteiger partial charge in [-0.3, -0.25) is 0 Å². The summed E-state index contributed by atoms with van der Waals surface area (Å²) in [5, 5.41) is 0. The van der Waals surface area contributed by atoms with Crippen molar-refractivity contribution < 1.29 is 9.59 Å². The van der Waals surface area contributed by atoms with E-state index in [4.69, 9.17) is 0 Å². The molecule has 4 nitrogen and oxygen atoms in total. The van der Waals surface area contributed by atoms with Gasteiger partial charge in [-0.2, -0.15) is 0 Å². The molecule has 0 saturated carbocycles. The van der Waals surface area contributed by atoms with E-state index in [2.05, 4.69) is 0 Å². The van der Waals surface area contributed by atoms with Crippen molar-refractivity contribution in [2.24, 2.45) is 0 Å². The number of carbonyl (C=O) groups is 2. The zero-order valence-corrected chi connectivity index (χ0v) is 15.6. The third-order valence-corrected chi connectivity index (χ3v) is 6.10. The standard InChI is InChI=1S/C18H20N2O2Te/c1-19(13-15-9-5-3-6-10-15)17(21)23-18(22)20(2)14-16-11-7-4-8-12-16/h3-12H,13-14H2,1-2H3. The van der Waals surface area contributed by atoms with Crippen molar-refractivity contribution >= 4 is 28.8 Å². The van der Waals surface area contributed by atoms with E-state index >= 15 is 0 Å². The monoisotopic (exact) mass is 426 g/mol. The Labute approximate surface area is 147 Å². The molecule has 0 spiro atoms. The van der Waals surface area contributed by atoms with Gasteiger partial charge in [-0.25, -0.2) is 0 Å². The van der Waals surface area contributed by atoms with E-state index < -0.39 is 20.9 Å². The van der Waals surface area contributed by atoms with Crippen molar-refractivity contribution in [2.75, 3.05) is 14.1 Å². The van der Waals surface area contributed by atoms with Crippen LogP contribution in [-0.2, 0) is 13.1 Å². The Hall–Kier alpha value is -1.83. The molecular formula is C18H20N2O2Te. The van der Waals surface area contributed by atoms with Gasteiger partial charge in [0, 0.05) is 0 Å². The molecule has 2 aromatic carbocycles. The van der Waals surface area contributed by atoms with Crippen LogP contribution < -0.4 is 0 Å². The van der Waals surface area contributed by atoms with Crippen molar-refractivity contribution in [3.63, 3.8) is 0 Å². The maximum absolute atomic E-state index is 12.3. The Morgan fingerprint density at radius 2 is 1.09 bits per heavy atom. The van der Waals surface area contributed by atoms with Crippen LogP contribution in [0.15, 0.2) is 60.7 Å².